The Balaban J connectivity index is 2.10. The van der Waals surface area contributed by atoms with Crippen LogP contribution in [-0.4, -0.2) is 10.9 Å². The number of carbonyl (C=O) groups excluding carboxylic acids is 1. The molecule has 2 heterocycles. The monoisotopic (exact) mass is 278 g/mol. The van der Waals surface area contributed by atoms with Crippen LogP contribution >= 0.6 is 11.6 Å². The minimum absolute atomic E-state index is 0.192. The molecule has 100 valence electrons. The molecule has 2 rings (SSSR count). The molecule has 2 aromatic rings. The first-order chi connectivity index (χ1) is 9.06. The number of nitrogens with zero attached hydrogens (tertiary/aromatic N) is 1. The van der Waals surface area contributed by atoms with Crippen molar-refractivity contribution >= 4 is 17.5 Å². The minimum atomic E-state index is -0.192. The van der Waals surface area contributed by atoms with Gasteiger partial charge in [-0.2, -0.15) is 0 Å². The van der Waals surface area contributed by atoms with E-state index in [1.54, 1.807) is 30.5 Å². The third-order valence-electron chi connectivity index (χ3n) is 2.67. The van der Waals surface area contributed by atoms with E-state index in [0.717, 1.165) is 5.69 Å². The molecule has 0 saturated heterocycles. The standard InChI is InChI=1S/C14H15ClN2O2/c1-9(2)12-6-10(7-13(15)17-12)14(18)16-8-11-4-3-5-19-11/h3-7,9H,8H2,1-2H3,(H,16,18). The maximum Gasteiger partial charge on any atom is 0.251 e. The molecule has 0 atom stereocenters. The lowest BCUT2D eigenvalue weighted by molar-refractivity contribution is 0.0948. The summed E-state index contributed by atoms with van der Waals surface area (Å²) < 4.78 is 5.15. The molecular formula is C14H15ClN2O2. The van der Waals surface area contributed by atoms with Gasteiger partial charge in [-0.25, -0.2) is 4.98 Å². The number of carbonyl (C=O) groups is 1. The zero-order valence-corrected chi connectivity index (χ0v) is 11.6. The highest BCUT2D eigenvalue weighted by molar-refractivity contribution is 6.29. The van der Waals surface area contributed by atoms with E-state index >= 15 is 0 Å². The summed E-state index contributed by atoms with van der Waals surface area (Å²) >= 11 is 5.93. The quantitative estimate of drug-likeness (QED) is 0.872. The van der Waals surface area contributed by atoms with Gasteiger partial charge in [0.2, 0.25) is 0 Å². The fourth-order valence-electron chi connectivity index (χ4n) is 1.63. The van der Waals surface area contributed by atoms with Gasteiger partial charge in [-0.3, -0.25) is 4.79 Å². The lowest BCUT2D eigenvalue weighted by atomic mass is 10.1. The fourth-order valence-corrected chi connectivity index (χ4v) is 1.84. The van der Waals surface area contributed by atoms with Crippen LogP contribution in [0.4, 0.5) is 0 Å². The summed E-state index contributed by atoms with van der Waals surface area (Å²) in [6, 6.07) is 6.90. The van der Waals surface area contributed by atoms with Gasteiger partial charge < -0.3 is 9.73 Å². The Morgan fingerprint density at radius 1 is 1.47 bits per heavy atom. The van der Waals surface area contributed by atoms with Crippen LogP contribution < -0.4 is 5.32 Å². The van der Waals surface area contributed by atoms with E-state index in [1.165, 1.54) is 0 Å². The first-order valence-electron chi connectivity index (χ1n) is 6.04. The number of hydrogen-bond acceptors (Lipinski definition) is 3. The fraction of sp³-hybridized carbons (Fsp3) is 0.286. The topological polar surface area (TPSA) is 55.1 Å². The Morgan fingerprint density at radius 2 is 2.26 bits per heavy atom. The summed E-state index contributed by atoms with van der Waals surface area (Å²) in [5.41, 5.74) is 1.31. The molecule has 0 unspecified atom stereocenters. The Hall–Kier alpha value is -1.81. The highest BCUT2D eigenvalue weighted by Crippen LogP contribution is 2.17. The summed E-state index contributed by atoms with van der Waals surface area (Å²) in [5, 5.41) is 3.10. The predicted molar refractivity (Wildman–Crippen MR) is 73.2 cm³/mol. The van der Waals surface area contributed by atoms with Gasteiger partial charge in [0.05, 0.1) is 12.8 Å². The van der Waals surface area contributed by atoms with Crippen LogP contribution in [0.25, 0.3) is 0 Å². The van der Waals surface area contributed by atoms with Gasteiger partial charge in [-0.1, -0.05) is 25.4 Å². The molecule has 4 nitrogen and oxygen atoms in total. The molecule has 0 aliphatic heterocycles. The molecular weight excluding hydrogens is 264 g/mol. The van der Waals surface area contributed by atoms with Crippen molar-refractivity contribution in [1.29, 1.82) is 0 Å². The van der Waals surface area contributed by atoms with Crippen LogP contribution in [0.1, 0.15) is 41.6 Å². The van der Waals surface area contributed by atoms with Gasteiger partial charge >= 0.3 is 0 Å². The SMILES string of the molecule is CC(C)c1cc(C(=O)NCc2ccco2)cc(Cl)n1. The van der Waals surface area contributed by atoms with Crippen molar-refractivity contribution in [1.82, 2.24) is 10.3 Å². The number of amides is 1. The van der Waals surface area contributed by atoms with Crippen molar-refractivity contribution in [3.05, 3.63) is 52.7 Å². The number of nitrogens with one attached hydrogen (secondary N) is 1. The van der Waals surface area contributed by atoms with Crippen molar-refractivity contribution < 1.29 is 9.21 Å². The molecule has 0 saturated carbocycles. The Labute approximate surface area is 116 Å². The highest BCUT2D eigenvalue weighted by Gasteiger charge is 2.11. The average molecular weight is 279 g/mol. The molecule has 1 amide bonds. The molecule has 19 heavy (non-hydrogen) atoms. The third kappa shape index (κ3) is 3.58. The van der Waals surface area contributed by atoms with Gasteiger partial charge in [0.1, 0.15) is 10.9 Å². The van der Waals surface area contributed by atoms with Crippen LogP contribution in [-0.2, 0) is 6.54 Å². The van der Waals surface area contributed by atoms with Gasteiger partial charge in [-0.15, -0.1) is 0 Å². The van der Waals surface area contributed by atoms with Gasteiger partial charge in [0.15, 0.2) is 0 Å². The average Bonchev–Trinajstić information content (AvgIpc) is 2.88. The molecule has 0 radical (unpaired) electrons. The van der Waals surface area contributed by atoms with Crippen LogP contribution in [0.15, 0.2) is 34.9 Å². The summed E-state index contributed by atoms with van der Waals surface area (Å²) in [5.74, 6) is 0.732. The van der Waals surface area contributed by atoms with E-state index in [4.69, 9.17) is 16.0 Å². The molecule has 2 aromatic heterocycles. The maximum absolute atomic E-state index is 12.0. The molecule has 1 N–H and O–H groups in total. The second-order valence-corrected chi connectivity index (χ2v) is 4.91. The van der Waals surface area contributed by atoms with E-state index in [1.807, 2.05) is 13.8 Å². The van der Waals surface area contributed by atoms with Gasteiger partial charge in [0, 0.05) is 11.3 Å². The summed E-state index contributed by atoms with van der Waals surface area (Å²) in [6.45, 7) is 4.36. The van der Waals surface area contributed by atoms with Crippen molar-refractivity contribution in [2.75, 3.05) is 0 Å². The first-order valence-corrected chi connectivity index (χ1v) is 6.42. The van der Waals surface area contributed by atoms with Crippen LogP contribution in [0.3, 0.4) is 0 Å². The molecule has 0 spiro atoms. The van der Waals surface area contributed by atoms with Crippen LogP contribution in [0.5, 0.6) is 0 Å². The number of pyridine rings is 1. The van der Waals surface area contributed by atoms with Crippen LogP contribution in [0.2, 0.25) is 5.15 Å². The molecule has 5 heteroatoms. The van der Waals surface area contributed by atoms with E-state index in [0.29, 0.717) is 23.0 Å². The van der Waals surface area contributed by atoms with E-state index in [2.05, 4.69) is 10.3 Å². The molecule has 0 bridgehead atoms. The van der Waals surface area contributed by atoms with E-state index in [9.17, 15) is 4.79 Å². The number of hydrogen-bond donors (Lipinski definition) is 1. The Morgan fingerprint density at radius 3 is 2.89 bits per heavy atom. The number of furan rings is 1. The predicted octanol–water partition coefficient (Wildman–Crippen LogP) is 3.38. The van der Waals surface area contributed by atoms with Crippen molar-refractivity contribution in [2.24, 2.45) is 0 Å². The van der Waals surface area contributed by atoms with Crippen LogP contribution in [0, 0.1) is 0 Å². The minimum Gasteiger partial charge on any atom is -0.467 e. The largest absolute Gasteiger partial charge is 0.467 e. The molecule has 0 fully saturated rings. The Kier molecular flexibility index (Phi) is 4.22. The lowest BCUT2D eigenvalue weighted by Gasteiger charge is -2.08. The highest BCUT2D eigenvalue weighted by atomic mass is 35.5. The zero-order valence-electron chi connectivity index (χ0n) is 10.8. The smallest absolute Gasteiger partial charge is 0.251 e. The lowest BCUT2D eigenvalue weighted by Crippen LogP contribution is -2.23. The summed E-state index contributed by atoms with van der Waals surface area (Å²) in [7, 11) is 0. The van der Waals surface area contributed by atoms with Crippen molar-refractivity contribution in [3.63, 3.8) is 0 Å². The number of rotatable bonds is 4. The van der Waals surface area contributed by atoms with Crippen molar-refractivity contribution in [2.45, 2.75) is 26.3 Å². The second kappa shape index (κ2) is 5.89. The van der Waals surface area contributed by atoms with Gasteiger partial charge in [-0.05, 0) is 30.2 Å². The first kappa shape index (κ1) is 13.6. The summed E-state index contributed by atoms with van der Waals surface area (Å²) in [4.78, 5) is 16.2. The Bertz CT molecular complexity index is 565. The maximum atomic E-state index is 12.0. The number of aromatic nitrogens is 1. The molecule has 0 aromatic carbocycles. The van der Waals surface area contributed by atoms with E-state index in [-0.39, 0.29) is 11.8 Å². The molecule has 0 aliphatic carbocycles. The normalized spacial score (nSPS) is 10.7. The van der Waals surface area contributed by atoms with Crippen molar-refractivity contribution in [3.8, 4) is 0 Å². The van der Waals surface area contributed by atoms with Gasteiger partial charge in [0.25, 0.3) is 5.91 Å². The zero-order chi connectivity index (χ0) is 13.8. The number of halogens is 1. The third-order valence-corrected chi connectivity index (χ3v) is 2.86. The molecule has 0 aliphatic rings. The summed E-state index contributed by atoms with van der Waals surface area (Å²) in [6.07, 6.45) is 1.57. The van der Waals surface area contributed by atoms with E-state index < -0.39 is 0 Å². The second-order valence-electron chi connectivity index (χ2n) is 4.52.